The van der Waals surface area contributed by atoms with E-state index in [1.165, 1.54) is 16.8 Å². The summed E-state index contributed by atoms with van der Waals surface area (Å²) in [4.78, 5) is 2.29. The Morgan fingerprint density at radius 1 is 1.19 bits per heavy atom. The van der Waals surface area contributed by atoms with Crippen molar-refractivity contribution >= 4 is 5.69 Å². The molecular formula is C13H18N2O. The van der Waals surface area contributed by atoms with E-state index in [4.69, 9.17) is 4.74 Å². The summed E-state index contributed by atoms with van der Waals surface area (Å²) in [6.45, 7) is 3.97. The van der Waals surface area contributed by atoms with E-state index in [1.54, 1.807) is 0 Å². The van der Waals surface area contributed by atoms with Crippen LogP contribution < -0.4 is 15.0 Å². The summed E-state index contributed by atoms with van der Waals surface area (Å²) in [6, 6.07) is 4.56. The third kappa shape index (κ3) is 1.65. The van der Waals surface area contributed by atoms with Crippen LogP contribution >= 0.6 is 0 Å². The van der Waals surface area contributed by atoms with E-state index in [9.17, 15) is 0 Å². The van der Waals surface area contributed by atoms with Gasteiger partial charge in [0, 0.05) is 7.05 Å². The standard InChI is InChI=1S/C13H18N2O/c1-15-6-7-16-13-9-11-3-5-14-4-2-10(11)8-12(13)15/h8-9,14H,2-7H2,1H3. The molecule has 0 aromatic heterocycles. The van der Waals surface area contributed by atoms with Gasteiger partial charge in [-0.2, -0.15) is 0 Å². The molecule has 16 heavy (non-hydrogen) atoms. The SMILES string of the molecule is CN1CCOc2cc3c(cc21)CCNCC3. The average molecular weight is 218 g/mol. The molecule has 0 bridgehead atoms. The lowest BCUT2D eigenvalue weighted by Gasteiger charge is -2.29. The lowest BCUT2D eigenvalue weighted by Crippen LogP contribution is -2.29. The highest BCUT2D eigenvalue weighted by Gasteiger charge is 2.18. The first kappa shape index (κ1) is 9.97. The third-order valence-electron chi connectivity index (χ3n) is 3.52. The predicted octanol–water partition coefficient (Wildman–Crippen LogP) is 1.20. The molecule has 3 heteroatoms. The van der Waals surface area contributed by atoms with E-state index in [-0.39, 0.29) is 0 Å². The molecule has 3 nitrogen and oxygen atoms in total. The Balaban J connectivity index is 2.05. The second-order valence-corrected chi connectivity index (χ2v) is 4.61. The van der Waals surface area contributed by atoms with Gasteiger partial charge < -0.3 is 15.0 Å². The van der Waals surface area contributed by atoms with Crippen LogP contribution in [0.15, 0.2) is 12.1 Å². The zero-order valence-electron chi connectivity index (χ0n) is 9.75. The maximum absolute atomic E-state index is 5.74. The highest BCUT2D eigenvalue weighted by atomic mass is 16.5. The minimum atomic E-state index is 0.806. The Morgan fingerprint density at radius 3 is 2.75 bits per heavy atom. The molecule has 3 rings (SSSR count). The number of anilines is 1. The van der Waals surface area contributed by atoms with Gasteiger partial charge in [0.15, 0.2) is 0 Å². The quantitative estimate of drug-likeness (QED) is 0.708. The maximum Gasteiger partial charge on any atom is 0.142 e. The Morgan fingerprint density at radius 2 is 1.94 bits per heavy atom. The molecule has 1 N–H and O–H groups in total. The molecule has 1 aromatic carbocycles. The summed E-state index contributed by atoms with van der Waals surface area (Å²) >= 11 is 0. The first-order chi connectivity index (χ1) is 7.84. The number of ether oxygens (including phenoxy) is 1. The average Bonchev–Trinajstić information content (AvgIpc) is 2.52. The number of benzene rings is 1. The summed E-state index contributed by atoms with van der Waals surface area (Å²) < 4.78 is 5.74. The predicted molar refractivity (Wildman–Crippen MR) is 65.5 cm³/mol. The zero-order chi connectivity index (χ0) is 11.0. The fraction of sp³-hybridized carbons (Fsp3) is 0.538. The van der Waals surface area contributed by atoms with Crippen molar-refractivity contribution in [3.05, 3.63) is 23.3 Å². The molecule has 86 valence electrons. The van der Waals surface area contributed by atoms with E-state index >= 15 is 0 Å². The topological polar surface area (TPSA) is 24.5 Å². The minimum absolute atomic E-state index is 0.806. The van der Waals surface area contributed by atoms with Crippen molar-refractivity contribution in [2.75, 3.05) is 38.2 Å². The molecule has 0 spiro atoms. The van der Waals surface area contributed by atoms with Crippen molar-refractivity contribution < 1.29 is 4.74 Å². The van der Waals surface area contributed by atoms with Crippen molar-refractivity contribution in [3.63, 3.8) is 0 Å². The van der Waals surface area contributed by atoms with Gasteiger partial charge in [0.1, 0.15) is 12.4 Å². The Labute approximate surface area is 96.4 Å². The minimum Gasteiger partial charge on any atom is -0.490 e. The van der Waals surface area contributed by atoms with Gasteiger partial charge in [-0.1, -0.05) is 0 Å². The molecular weight excluding hydrogens is 200 g/mol. The van der Waals surface area contributed by atoms with Gasteiger partial charge in [-0.15, -0.1) is 0 Å². The molecule has 0 atom stereocenters. The van der Waals surface area contributed by atoms with Crippen LogP contribution in [-0.4, -0.2) is 33.3 Å². The van der Waals surface area contributed by atoms with Crippen molar-refractivity contribution in [1.82, 2.24) is 5.32 Å². The summed E-state index contributed by atoms with van der Waals surface area (Å²) in [7, 11) is 2.14. The molecule has 0 unspecified atom stereocenters. The lowest BCUT2D eigenvalue weighted by atomic mass is 10.0. The van der Waals surface area contributed by atoms with Gasteiger partial charge in [-0.05, 0) is 49.2 Å². The summed E-state index contributed by atoms with van der Waals surface area (Å²) in [5.41, 5.74) is 4.20. The second-order valence-electron chi connectivity index (χ2n) is 4.61. The first-order valence-electron chi connectivity index (χ1n) is 6.05. The smallest absolute Gasteiger partial charge is 0.142 e. The fourth-order valence-electron chi connectivity index (χ4n) is 2.52. The Kier molecular flexibility index (Phi) is 2.48. The van der Waals surface area contributed by atoms with Crippen LogP contribution in [0, 0.1) is 0 Å². The van der Waals surface area contributed by atoms with Gasteiger partial charge in [-0.25, -0.2) is 0 Å². The highest BCUT2D eigenvalue weighted by molar-refractivity contribution is 5.63. The Bertz CT molecular complexity index is 403. The normalized spacial score (nSPS) is 19.4. The molecule has 0 fully saturated rings. The Hall–Kier alpha value is -1.22. The van der Waals surface area contributed by atoms with Crippen LogP contribution in [0.3, 0.4) is 0 Å². The van der Waals surface area contributed by atoms with Gasteiger partial charge in [0.25, 0.3) is 0 Å². The van der Waals surface area contributed by atoms with E-state index in [2.05, 4.69) is 29.4 Å². The largest absolute Gasteiger partial charge is 0.490 e. The van der Waals surface area contributed by atoms with Gasteiger partial charge >= 0.3 is 0 Å². The second kappa shape index (κ2) is 3.98. The molecule has 1 aromatic rings. The maximum atomic E-state index is 5.74. The number of nitrogens with one attached hydrogen (secondary N) is 1. The molecule has 0 radical (unpaired) electrons. The molecule has 2 heterocycles. The van der Waals surface area contributed by atoms with Gasteiger partial charge in [0.2, 0.25) is 0 Å². The van der Waals surface area contributed by atoms with E-state index in [0.717, 1.165) is 44.8 Å². The number of rotatable bonds is 0. The van der Waals surface area contributed by atoms with Crippen LogP contribution in [0.2, 0.25) is 0 Å². The van der Waals surface area contributed by atoms with E-state index in [0.29, 0.717) is 0 Å². The summed E-state index contributed by atoms with van der Waals surface area (Å²) in [5, 5.41) is 3.44. The fourth-order valence-corrected chi connectivity index (χ4v) is 2.52. The highest BCUT2D eigenvalue weighted by Crippen LogP contribution is 2.34. The monoisotopic (exact) mass is 218 g/mol. The van der Waals surface area contributed by atoms with Crippen molar-refractivity contribution in [3.8, 4) is 5.75 Å². The van der Waals surface area contributed by atoms with Crippen LogP contribution in [0.25, 0.3) is 0 Å². The van der Waals surface area contributed by atoms with Gasteiger partial charge in [0.05, 0.1) is 12.2 Å². The van der Waals surface area contributed by atoms with Crippen molar-refractivity contribution in [1.29, 1.82) is 0 Å². The van der Waals surface area contributed by atoms with E-state index in [1.807, 2.05) is 0 Å². The molecule has 0 saturated heterocycles. The summed E-state index contributed by atoms with van der Waals surface area (Å²) in [5.74, 6) is 1.06. The zero-order valence-corrected chi connectivity index (χ0v) is 9.75. The van der Waals surface area contributed by atoms with Crippen LogP contribution in [0.1, 0.15) is 11.1 Å². The number of likely N-dealkylation sites (N-methyl/N-ethyl adjacent to an activating group) is 1. The first-order valence-corrected chi connectivity index (χ1v) is 6.05. The third-order valence-corrected chi connectivity index (χ3v) is 3.52. The number of fused-ring (bicyclic) bond motifs is 2. The van der Waals surface area contributed by atoms with Gasteiger partial charge in [-0.3, -0.25) is 0 Å². The molecule has 0 saturated carbocycles. The number of hydrogen-bond acceptors (Lipinski definition) is 3. The van der Waals surface area contributed by atoms with Crippen molar-refractivity contribution in [2.45, 2.75) is 12.8 Å². The number of hydrogen-bond donors (Lipinski definition) is 1. The van der Waals surface area contributed by atoms with Crippen molar-refractivity contribution in [2.24, 2.45) is 0 Å². The van der Waals surface area contributed by atoms with Crippen LogP contribution in [0.4, 0.5) is 5.69 Å². The molecule has 2 aliphatic rings. The van der Waals surface area contributed by atoms with Crippen LogP contribution in [0.5, 0.6) is 5.75 Å². The molecule has 0 amide bonds. The lowest BCUT2D eigenvalue weighted by molar-refractivity contribution is 0.311. The van der Waals surface area contributed by atoms with Crippen LogP contribution in [-0.2, 0) is 12.8 Å². The number of nitrogens with zero attached hydrogens (tertiary/aromatic N) is 1. The summed E-state index contributed by atoms with van der Waals surface area (Å²) in [6.07, 6.45) is 2.26. The molecule has 2 aliphatic heterocycles. The van der Waals surface area contributed by atoms with E-state index < -0.39 is 0 Å². The molecule has 0 aliphatic carbocycles.